The second-order valence-electron chi connectivity index (χ2n) is 5.48. The molecule has 3 N–H and O–H groups in total. The van der Waals surface area contributed by atoms with Crippen LogP contribution in [0, 0.1) is 5.82 Å². The number of thioether (sulfide) groups is 1. The van der Waals surface area contributed by atoms with Crippen molar-refractivity contribution in [3.63, 3.8) is 0 Å². The molecule has 3 rings (SSSR count). The first kappa shape index (κ1) is 18.7. The number of nitrogen functional groups attached to an aromatic ring is 1. The minimum absolute atomic E-state index is 0.143. The van der Waals surface area contributed by atoms with Gasteiger partial charge in [0.05, 0.1) is 12.3 Å². The van der Waals surface area contributed by atoms with Gasteiger partial charge in [0.25, 0.3) is 0 Å². The first-order valence-electron chi connectivity index (χ1n) is 8.17. The van der Waals surface area contributed by atoms with Crippen LogP contribution in [-0.4, -0.2) is 39.7 Å². The number of halogens is 1. The predicted octanol–water partition coefficient (Wildman–Crippen LogP) is 2.09. The number of carbonyl (C=O) groups is 1. The summed E-state index contributed by atoms with van der Waals surface area (Å²) < 4.78 is 19.8. The Balaban J connectivity index is 1.44. The number of benzene rings is 2. The lowest BCUT2D eigenvalue weighted by Gasteiger charge is -2.07. The van der Waals surface area contributed by atoms with E-state index in [1.165, 1.54) is 28.6 Å². The largest absolute Gasteiger partial charge is 0.492 e. The summed E-state index contributed by atoms with van der Waals surface area (Å²) in [6, 6.07) is 15.1. The fourth-order valence-electron chi connectivity index (χ4n) is 2.23. The molecule has 7 nitrogen and oxygen atoms in total. The number of hydrogen-bond donors (Lipinski definition) is 2. The lowest BCUT2D eigenvalue weighted by molar-refractivity contribution is -0.118. The highest BCUT2D eigenvalue weighted by molar-refractivity contribution is 7.99. The number of nitrogens with two attached hydrogens (primary N) is 1. The summed E-state index contributed by atoms with van der Waals surface area (Å²) in [6.07, 6.45) is 0. The van der Waals surface area contributed by atoms with Gasteiger partial charge in [-0.3, -0.25) is 4.79 Å². The lowest BCUT2D eigenvalue weighted by atomic mass is 10.2. The normalized spacial score (nSPS) is 10.6. The number of hydrogen-bond acceptors (Lipinski definition) is 6. The fourth-order valence-corrected chi connectivity index (χ4v) is 2.91. The van der Waals surface area contributed by atoms with Gasteiger partial charge in [-0.2, -0.15) is 0 Å². The molecular formula is C18H18FN5O2S. The zero-order valence-corrected chi connectivity index (χ0v) is 15.2. The molecule has 0 saturated carbocycles. The van der Waals surface area contributed by atoms with E-state index in [0.29, 0.717) is 29.7 Å². The number of para-hydroxylation sites is 1. The Kier molecular flexibility index (Phi) is 6.26. The van der Waals surface area contributed by atoms with E-state index >= 15 is 0 Å². The molecule has 1 heterocycles. The summed E-state index contributed by atoms with van der Waals surface area (Å²) in [5, 5.41) is 11.1. The Bertz CT molecular complexity index is 887. The van der Waals surface area contributed by atoms with Gasteiger partial charge < -0.3 is 15.9 Å². The smallest absolute Gasteiger partial charge is 0.230 e. The molecule has 140 valence electrons. The van der Waals surface area contributed by atoms with E-state index < -0.39 is 0 Å². The molecule has 0 spiro atoms. The Hall–Kier alpha value is -3.07. The number of nitrogens with one attached hydrogen (secondary N) is 1. The number of ether oxygens (including phenoxy) is 1. The number of carbonyl (C=O) groups excluding carboxylic acids is 1. The molecular weight excluding hydrogens is 369 g/mol. The second kappa shape index (κ2) is 9.04. The maximum Gasteiger partial charge on any atom is 0.230 e. The summed E-state index contributed by atoms with van der Waals surface area (Å²) >= 11 is 1.17. The maximum absolute atomic E-state index is 13.0. The van der Waals surface area contributed by atoms with Crippen LogP contribution >= 0.6 is 11.8 Å². The quantitative estimate of drug-likeness (QED) is 0.349. The third kappa shape index (κ3) is 5.20. The van der Waals surface area contributed by atoms with E-state index in [2.05, 4.69) is 15.5 Å². The van der Waals surface area contributed by atoms with Crippen LogP contribution < -0.4 is 15.9 Å². The zero-order chi connectivity index (χ0) is 19.1. The molecule has 2 aromatic carbocycles. The monoisotopic (exact) mass is 387 g/mol. The van der Waals surface area contributed by atoms with Crippen molar-refractivity contribution in [1.82, 2.24) is 20.2 Å². The maximum atomic E-state index is 13.0. The van der Waals surface area contributed by atoms with Crippen LogP contribution in [-0.2, 0) is 4.79 Å². The van der Waals surface area contributed by atoms with Crippen LogP contribution in [0.3, 0.4) is 0 Å². The summed E-state index contributed by atoms with van der Waals surface area (Å²) in [4.78, 5) is 11.9. The number of amides is 1. The summed E-state index contributed by atoms with van der Waals surface area (Å²) in [5.74, 6) is 6.76. The van der Waals surface area contributed by atoms with E-state index in [1.807, 2.05) is 30.3 Å². The highest BCUT2D eigenvalue weighted by Gasteiger charge is 2.13. The average Bonchev–Trinajstić information content (AvgIpc) is 3.05. The molecule has 0 saturated heterocycles. The first-order valence-corrected chi connectivity index (χ1v) is 9.16. The third-order valence-corrected chi connectivity index (χ3v) is 4.48. The first-order chi connectivity index (χ1) is 13.1. The van der Waals surface area contributed by atoms with E-state index in [4.69, 9.17) is 10.6 Å². The summed E-state index contributed by atoms with van der Waals surface area (Å²) in [6.45, 7) is 0.770. The van der Waals surface area contributed by atoms with Gasteiger partial charge in [-0.15, -0.1) is 10.2 Å². The third-order valence-electron chi connectivity index (χ3n) is 3.54. The Morgan fingerprint density at radius 2 is 1.89 bits per heavy atom. The summed E-state index contributed by atoms with van der Waals surface area (Å²) in [5.41, 5.74) is 0.640. The van der Waals surface area contributed by atoms with E-state index in [1.54, 1.807) is 12.1 Å². The van der Waals surface area contributed by atoms with Gasteiger partial charge in [-0.25, -0.2) is 9.07 Å². The molecule has 0 unspecified atom stereocenters. The predicted molar refractivity (Wildman–Crippen MR) is 101 cm³/mol. The molecule has 0 aliphatic heterocycles. The topological polar surface area (TPSA) is 95.1 Å². The van der Waals surface area contributed by atoms with E-state index in [0.717, 1.165) is 5.75 Å². The van der Waals surface area contributed by atoms with Crippen molar-refractivity contribution >= 4 is 17.7 Å². The number of nitrogens with zero attached hydrogens (tertiary/aromatic N) is 3. The highest BCUT2D eigenvalue weighted by Crippen LogP contribution is 2.21. The van der Waals surface area contributed by atoms with Gasteiger partial charge in [0, 0.05) is 5.56 Å². The molecule has 0 fully saturated rings. The minimum Gasteiger partial charge on any atom is -0.492 e. The molecule has 0 aliphatic carbocycles. The molecule has 0 aliphatic rings. The van der Waals surface area contributed by atoms with E-state index in [9.17, 15) is 9.18 Å². The summed E-state index contributed by atoms with van der Waals surface area (Å²) in [7, 11) is 0. The van der Waals surface area contributed by atoms with Crippen LogP contribution in [0.1, 0.15) is 0 Å². The molecule has 0 bridgehead atoms. The number of rotatable bonds is 8. The van der Waals surface area contributed by atoms with Gasteiger partial charge in [0.2, 0.25) is 11.1 Å². The van der Waals surface area contributed by atoms with Crippen molar-refractivity contribution in [2.75, 3.05) is 24.7 Å². The van der Waals surface area contributed by atoms with Crippen molar-refractivity contribution in [3.8, 4) is 17.1 Å². The van der Waals surface area contributed by atoms with Gasteiger partial charge >= 0.3 is 0 Å². The van der Waals surface area contributed by atoms with Crippen LogP contribution in [0.2, 0.25) is 0 Å². The van der Waals surface area contributed by atoms with Crippen LogP contribution in [0.15, 0.2) is 59.8 Å². The Morgan fingerprint density at radius 3 is 2.63 bits per heavy atom. The lowest BCUT2D eigenvalue weighted by Crippen LogP contribution is -2.29. The van der Waals surface area contributed by atoms with Gasteiger partial charge in [-0.05, 0) is 36.4 Å². The molecule has 0 atom stereocenters. The Morgan fingerprint density at radius 1 is 1.15 bits per heavy atom. The van der Waals surface area contributed by atoms with Crippen LogP contribution in [0.4, 0.5) is 4.39 Å². The van der Waals surface area contributed by atoms with Crippen molar-refractivity contribution in [2.24, 2.45) is 0 Å². The van der Waals surface area contributed by atoms with Crippen molar-refractivity contribution in [2.45, 2.75) is 5.16 Å². The molecule has 0 radical (unpaired) electrons. The molecule has 3 aromatic rings. The SMILES string of the molecule is Nn1c(SCC(=O)NCCOc2ccccc2)nnc1-c1ccc(F)cc1. The second-order valence-corrected chi connectivity index (χ2v) is 6.43. The zero-order valence-electron chi connectivity index (χ0n) is 14.3. The number of aromatic nitrogens is 3. The molecule has 1 amide bonds. The standard InChI is InChI=1S/C18H18FN5O2S/c19-14-8-6-13(7-9-14)17-22-23-18(24(17)20)27-12-16(25)21-10-11-26-15-4-2-1-3-5-15/h1-9H,10-12,20H2,(H,21,25). The Labute approximate surface area is 159 Å². The van der Waals surface area contributed by atoms with Crippen molar-refractivity contribution in [3.05, 3.63) is 60.4 Å². The van der Waals surface area contributed by atoms with Crippen LogP contribution in [0.25, 0.3) is 11.4 Å². The highest BCUT2D eigenvalue weighted by atomic mass is 32.2. The van der Waals surface area contributed by atoms with Crippen LogP contribution in [0.5, 0.6) is 5.75 Å². The van der Waals surface area contributed by atoms with E-state index in [-0.39, 0.29) is 17.5 Å². The van der Waals surface area contributed by atoms with Gasteiger partial charge in [0.1, 0.15) is 18.2 Å². The molecule has 1 aromatic heterocycles. The van der Waals surface area contributed by atoms with Gasteiger partial charge in [0.15, 0.2) is 5.82 Å². The van der Waals surface area contributed by atoms with Gasteiger partial charge in [-0.1, -0.05) is 30.0 Å². The molecule has 9 heteroatoms. The molecule has 27 heavy (non-hydrogen) atoms. The van der Waals surface area contributed by atoms with Crippen molar-refractivity contribution in [1.29, 1.82) is 0 Å². The average molecular weight is 387 g/mol. The van der Waals surface area contributed by atoms with Crippen molar-refractivity contribution < 1.29 is 13.9 Å². The minimum atomic E-state index is -0.343. The fraction of sp³-hybridized carbons (Fsp3) is 0.167.